The van der Waals surface area contributed by atoms with Gasteiger partial charge in [-0.1, -0.05) is 30.3 Å². The highest BCUT2D eigenvalue weighted by atomic mass is 16.2. The lowest BCUT2D eigenvalue weighted by Gasteiger charge is -2.11. The minimum Gasteiger partial charge on any atom is -0.349 e. The molecular weight excluding hydrogens is 340 g/mol. The summed E-state index contributed by atoms with van der Waals surface area (Å²) in [6.45, 7) is 1.85. The van der Waals surface area contributed by atoms with Crippen LogP contribution in [0.4, 0.5) is 5.69 Å². The molecule has 1 fully saturated rings. The van der Waals surface area contributed by atoms with E-state index in [1.165, 1.54) is 0 Å². The van der Waals surface area contributed by atoms with E-state index < -0.39 is 0 Å². The van der Waals surface area contributed by atoms with Gasteiger partial charge in [0.1, 0.15) is 0 Å². The number of nitrogens with one attached hydrogen (secondary N) is 2. The van der Waals surface area contributed by atoms with E-state index in [0.29, 0.717) is 16.8 Å². The first kappa shape index (κ1) is 17.0. The first-order valence-electron chi connectivity index (χ1n) is 8.95. The van der Waals surface area contributed by atoms with Crippen molar-refractivity contribution in [3.63, 3.8) is 0 Å². The van der Waals surface area contributed by atoms with Crippen LogP contribution in [0.15, 0.2) is 60.8 Å². The lowest BCUT2D eigenvalue weighted by atomic mass is 10.1. The molecule has 0 radical (unpaired) electrons. The third kappa shape index (κ3) is 3.60. The number of nitrogens with zero attached hydrogens (tertiary/aromatic N) is 2. The molecule has 2 aromatic carbocycles. The van der Waals surface area contributed by atoms with Crippen LogP contribution in [-0.2, 0) is 0 Å². The molecule has 2 N–H and O–H groups in total. The van der Waals surface area contributed by atoms with Gasteiger partial charge < -0.3 is 10.6 Å². The minimum atomic E-state index is -0.290. The number of hydrogen-bond donors (Lipinski definition) is 2. The second-order valence-corrected chi connectivity index (χ2v) is 6.64. The number of carbonyl (C=O) groups excluding carboxylic acids is 2. The SMILES string of the molecule is Cc1c(C(=O)Nc2ccccc2C(=O)NC2CC2)cnn1-c1ccccc1. The zero-order chi connectivity index (χ0) is 18.8. The summed E-state index contributed by atoms with van der Waals surface area (Å²) >= 11 is 0. The van der Waals surface area contributed by atoms with Gasteiger partial charge in [-0.3, -0.25) is 9.59 Å². The predicted molar refractivity (Wildman–Crippen MR) is 103 cm³/mol. The molecule has 1 aliphatic carbocycles. The topological polar surface area (TPSA) is 76.0 Å². The zero-order valence-corrected chi connectivity index (χ0v) is 15.0. The van der Waals surface area contributed by atoms with E-state index in [9.17, 15) is 9.59 Å². The minimum absolute atomic E-state index is 0.162. The lowest BCUT2D eigenvalue weighted by Crippen LogP contribution is -2.27. The van der Waals surface area contributed by atoms with Gasteiger partial charge in [0.2, 0.25) is 0 Å². The number of para-hydroxylation sites is 2. The van der Waals surface area contributed by atoms with Crippen molar-refractivity contribution in [2.24, 2.45) is 0 Å². The fourth-order valence-electron chi connectivity index (χ4n) is 2.93. The van der Waals surface area contributed by atoms with E-state index in [1.807, 2.05) is 37.3 Å². The summed E-state index contributed by atoms with van der Waals surface area (Å²) in [6, 6.07) is 16.9. The van der Waals surface area contributed by atoms with E-state index in [0.717, 1.165) is 24.2 Å². The van der Waals surface area contributed by atoms with Gasteiger partial charge in [-0.15, -0.1) is 0 Å². The maximum Gasteiger partial charge on any atom is 0.259 e. The van der Waals surface area contributed by atoms with Crippen molar-refractivity contribution in [2.45, 2.75) is 25.8 Å². The van der Waals surface area contributed by atoms with E-state index >= 15 is 0 Å². The van der Waals surface area contributed by atoms with Gasteiger partial charge in [0.15, 0.2) is 0 Å². The molecule has 0 bridgehead atoms. The highest BCUT2D eigenvalue weighted by Crippen LogP contribution is 2.22. The van der Waals surface area contributed by atoms with Gasteiger partial charge >= 0.3 is 0 Å². The third-order valence-electron chi connectivity index (χ3n) is 4.59. The second kappa shape index (κ2) is 7.07. The standard InChI is InChI=1S/C21H20N4O2/c1-14-18(13-22-25(14)16-7-3-2-4-8-16)21(27)24-19-10-6-5-9-17(19)20(26)23-15-11-12-15/h2-10,13,15H,11-12H2,1H3,(H,23,26)(H,24,27). The summed E-state index contributed by atoms with van der Waals surface area (Å²) in [7, 11) is 0. The van der Waals surface area contributed by atoms with Gasteiger partial charge in [0.05, 0.1) is 34.4 Å². The Bertz CT molecular complexity index is 990. The van der Waals surface area contributed by atoms with E-state index in [2.05, 4.69) is 15.7 Å². The summed E-state index contributed by atoms with van der Waals surface area (Å²) in [6.07, 6.45) is 3.57. The number of anilines is 1. The van der Waals surface area contributed by atoms with Crippen LogP contribution in [0.2, 0.25) is 0 Å². The van der Waals surface area contributed by atoms with Crippen molar-refractivity contribution >= 4 is 17.5 Å². The Labute approximate surface area is 157 Å². The Morgan fingerprint density at radius 3 is 2.41 bits per heavy atom. The van der Waals surface area contributed by atoms with Crippen LogP contribution >= 0.6 is 0 Å². The maximum atomic E-state index is 12.8. The zero-order valence-electron chi connectivity index (χ0n) is 15.0. The first-order valence-corrected chi connectivity index (χ1v) is 8.95. The number of aromatic nitrogens is 2. The van der Waals surface area contributed by atoms with Crippen molar-refractivity contribution in [1.29, 1.82) is 0 Å². The van der Waals surface area contributed by atoms with Crippen LogP contribution in [0, 0.1) is 6.92 Å². The fourth-order valence-corrected chi connectivity index (χ4v) is 2.93. The molecule has 0 aliphatic heterocycles. The molecule has 27 heavy (non-hydrogen) atoms. The van der Waals surface area contributed by atoms with Crippen LogP contribution in [0.1, 0.15) is 39.3 Å². The summed E-state index contributed by atoms with van der Waals surface area (Å²) in [5.74, 6) is -0.452. The summed E-state index contributed by atoms with van der Waals surface area (Å²) < 4.78 is 1.72. The van der Waals surface area contributed by atoms with Crippen molar-refractivity contribution in [3.05, 3.63) is 77.6 Å². The molecule has 3 aromatic rings. The van der Waals surface area contributed by atoms with Crippen LogP contribution in [0.3, 0.4) is 0 Å². The number of hydrogen-bond acceptors (Lipinski definition) is 3. The monoisotopic (exact) mass is 360 g/mol. The molecule has 1 aliphatic rings. The number of benzene rings is 2. The highest BCUT2D eigenvalue weighted by Gasteiger charge is 2.25. The van der Waals surface area contributed by atoms with Gasteiger partial charge in [0, 0.05) is 6.04 Å². The molecule has 0 atom stereocenters. The smallest absolute Gasteiger partial charge is 0.259 e. The van der Waals surface area contributed by atoms with Crippen molar-refractivity contribution < 1.29 is 9.59 Å². The molecule has 1 heterocycles. The second-order valence-electron chi connectivity index (χ2n) is 6.64. The molecule has 1 aromatic heterocycles. The van der Waals surface area contributed by atoms with Crippen LogP contribution in [0.25, 0.3) is 5.69 Å². The van der Waals surface area contributed by atoms with E-state index in [4.69, 9.17) is 0 Å². The van der Waals surface area contributed by atoms with Crippen molar-refractivity contribution in [1.82, 2.24) is 15.1 Å². The van der Waals surface area contributed by atoms with E-state index in [1.54, 1.807) is 35.1 Å². The van der Waals surface area contributed by atoms with Gasteiger partial charge in [-0.2, -0.15) is 5.10 Å². The Kier molecular flexibility index (Phi) is 4.46. The highest BCUT2D eigenvalue weighted by molar-refractivity contribution is 6.09. The average Bonchev–Trinajstić information content (AvgIpc) is 3.41. The van der Waals surface area contributed by atoms with Crippen LogP contribution in [0.5, 0.6) is 0 Å². The van der Waals surface area contributed by atoms with E-state index in [-0.39, 0.29) is 17.9 Å². The Hall–Kier alpha value is -3.41. The molecule has 2 amide bonds. The molecule has 4 rings (SSSR count). The molecule has 0 saturated heterocycles. The predicted octanol–water partition coefficient (Wildman–Crippen LogP) is 3.33. The Balaban J connectivity index is 1.57. The molecule has 136 valence electrons. The molecule has 6 nitrogen and oxygen atoms in total. The lowest BCUT2D eigenvalue weighted by molar-refractivity contribution is 0.0952. The van der Waals surface area contributed by atoms with Gasteiger partial charge in [-0.05, 0) is 44.0 Å². The Morgan fingerprint density at radius 1 is 0.963 bits per heavy atom. The molecule has 0 spiro atoms. The molecule has 6 heteroatoms. The average molecular weight is 360 g/mol. The molecule has 1 saturated carbocycles. The third-order valence-corrected chi connectivity index (χ3v) is 4.59. The largest absolute Gasteiger partial charge is 0.349 e. The first-order chi connectivity index (χ1) is 13.1. The summed E-state index contributed by atoms with van der Waals surface area (Å²) in [5.41, 5.74) is 3.05. The number of amides is 2. The van der Waals surface area contributed by atoms with Gasteiger partial charge in [-0.25, -0.2) is 4.68 Å². The maximum absolute atomic E-state index is 12.8. The molecular formula is C21H20N4O2. The number of rotatable bonds is 5. The van der Waals surface area contributed by atoms with Gasteiger partial charge in [0.25, 0.3) is 11.8 Å². The van der Waals surface area contributed by atoms with Crippen molar-refractivity contribution in [3.8, 4) is 5.69 Å². The quantitative estimate of drug-likeness (QED) is 0.733. The van der Waals surface area contributed by atoms with Crippen LogP contribution < -0.4 is 10.6 Å². The Morgan fingerprint density at radius 2 is 1.67 bits per heavy atom. The summed E-state index contributed by atoms with van der Waals surface area (Å²) in [5, 5.41) is 10.1. The van der Waals surface area contributed by atoms with Crippen LogP contribution in [-0.4, -0.2) is 27.6 Å². The van der Waals surface area contributed by atoms with Crippen molar-refractivity contribution in [2.75, 3.05) is 5.32 Å². The summed E-state index contributed by atoms with van der Waals surface area (Å²) in [4.78, 5) is 25.2. The normalized spacial score (nSPS) is 13.2. The fraction of sp³-hybridized carbons (Fsp3) is 0.190. The molecule has 0 unspecified atom stereocenters. The number of carbonyl (C=O) groups is 2.